The van der Waals surface area contributed by atoms with E-state index in [1.165, 1.54) is 28.3 Å². The molecule has 9 nitrogen and oxygen atoms in total. The molecule has 12 heteroatoms. The van der Waals surface area contributed by atoms with E-state index >= 15 is 0 Å². The molecular weight excluding hydrogens is 614 g/mol. The number of amides is 1. The highest BCUT2D eigenvalue weighted by molar-refractivity contribution is 8.26. The lowest BCUT2D eigenvalue weighted by Gasteiger charge is -2.37. The molecule has 0 aliphatic carbocycles. The third-order valence-corrected chi connectivity index (χ3v) is 9.36. The highest BCUT2D eigenvalue weighted by atomic mass is 32.2. The van der Waals surface area contributed by atoms with Crippen molar-refractivity contribution in [3.63, 3.8) is 0 Å². The molecule has 0 bridgehead atoms. The number of thiocarbonyl (C=S) groups is 1. The summed E-state index contributed by atoms with van der Waals surface area (Å²) in [5.41, 5.74) is 3.44. The van der Waals surface area contributed by atoms with Gasteiger partial charge in [0.1, 0.15) is 21.6 Å². The maximum absolute atomic E-state index is 14.0. The molecule has 2 saturated heterocycles. The Kier molecular flexibility index (Phi) is 8.77. The Bertz CT molecular complexity index is 1870. The summed E-state index contributed by atoms with van der Waals surface area (Å²) in [6.45, 7) is 4.82. The number of benzene rings is 2. The number of rotatable bonds is 8. The molecule has 2 aliphatic heterocycles. The number of piperazine rings is 1. The number of aryl methyl sites for hydroxylation is 1. The molecule has 0 atom stereocenters. The van der Waals surface area contributed by atoms with Gasteiger partial charge in [0.15, 0.2) is 11.5 Å². The highest BCUT2D eigenvalue weighted by Crippen LogP contribution is 2.34. The van der Waals surface area contributed by atoms with Gasteiger partial charge in [-0.25, -0.2) is 9.37 Å². The molecular formula is C33H32FN5O4S2. The number of halogens is 1. The van der Waals surface area contributed by atoms with Crippen molar-refractivity contribution in [2.24, 2.45) is 0 Å². The summed E-state index contributed by atoms with van der Waals surface area (Å²) in [5.74, 6) is 1.26. The predicted octanol–water partition coefficient (Wildman–Crippen LogP) is 4.93. The Labute approximate surface area is 269 Å². The van der Waals surface area contributed by atoms with Crippen LogP contribution in [0, 0.1) is 12.7 Å². The standard InChI is InChI=1S/C33H32FN5O4S2/c1-21-4-11-29-35-30(37-16-14-36(15-17-37)24-8-6-23(34)7-9-24)25(31(40)39(29)20-21)19-28-32(41)38(33(44)45-28)13-12-22-5-10-26(42-2)27(18-22)43-3/h4-11,18-20H,12-17H2,1-3H3/b28-19+. The molecule has 232 valence electrons. The van der Waals surface area contributed by atoms with Crippen molar-refractivity contribution >= 4 is 57.4 Å². The molecule has 0 saturated carbocycles. The van der Waals surface area contributed by atoms with Crippen LogP contribution in [-0.2, 0) is 11.2 Å². The van der Waals surface area contributed by atoms with E-state index < -0.39 is 0 Å². The molecule has 6 rings (SSSR count). The Hall–Kier alpha value is -4.42. The quantitative estimate of drug-likeness (QED) is 0.196. The lowest BCUT2D eigenvalue weighted by molar-refractivity contribution is -0.122. The van der Waals surface area contributed by atoms with E-state index in [0.717, 1.165) is 16.8 Å². The number of pyridine rings is 1. The molecule has 0 unspecified atom stereocenters. The number of aromatic nitrogens is 2. The number of anilines is 2. The van der Waals surface area contributed by atoms with E-state index in [2.05, 4.69) is 9.80 Å². The largest absolute Gasteiger partial charge is 0.493 e. The normalized spacial score (nSPS) is 16.3. The van der Waals surface area contributed by atoms with Gasteiger partial charge in [-0.15, -0.1) is 0 Å². The van der Waals surface area contributed by atoms with Crippen molar-refractivity contribution in [3.8, 4) is 11.5 Å². The lowest BCUT2D eigenvalue weighted by Crippen LogP contribution is -2.47. The summed E-state index contributed by atoms with van der Waals surface area (Å²) < 4.78 is 26.2. The van der Waals surface area contributed by atoms with Gasteiger partial charge in [-0.05, 0) is 73.0 Å². The number of hydrogen-bond donors (Lipinski definition) is 0. The van der Waals surface area contributed by atoms with Crippen molar-refractivity contribution in [1.82, 2.24) is 14.3 Å². The Morgan fingerprint density at radius 2 is 1.67 bits per heavy atom. The topological polar surface area (TPSA) is 79.6 Å². The zero-order valence-corrected chi connectivity index (χ0v) is 26.8. The molecule has 2 aliphatic rings. The van der Waals surface area contributed by atoms with Gasteiger partial charge >= 0.3 is 0 Å². The van der Waals surface area contributed by atoms with Crippen molar-refractivity contribution in [1.29, 1.82) is 0 Å². The molecule has 2 aromatic heterocycles. The third-order valence-electron chi connectivity index (χ3n) is 7.98. The van der Waals surface area contributed by atoms with Gasteiger partial charge < -0.3 is 19.3 Å². The van der Waals surface area contributed by atoms with E-state index in [1.807, 2.05) is 37.3 Å². The number of ether oxygens (including phenoxy) is 2. The van der Waals surface area contributed by atoms with Crippen LogP contribution >= 0.6 is 24.0 Å². The van der Waals surface area contributed by atoms with Crippen molar-refractivity contribution in [3.05, 3.63) is 98.6 Å². The van der Waals surface area contributed by atoms with E-state index in [9.17, 15) is 14.0 Å². The number of hydrogen-bond acceptors (Lipinski definition) is 9. The molecule has 2 aromatic carbocycles. The smallest absolute Gasteiger partial charge is 0.267 e. The van der Waals surface area contributed by atoms with Crippen molar-refractivity contribution in [2.75, 3.05) is 56.7 Å². The van der Waals surface area contributed by atoms with Crippen LogP contribution in [0.3, 0.4) is 0 Å². The number of methoxy groups -OCH3 is 2. The monoisotopic (exact) mass is 645 g/mol. The van der Waals surface area contributed by atoms with Crippen LogP contribution in [0.25, 0.3) is 11.7 Å². The predicted molar refractivity (Wildman–Crippen MR) is 180 cm³/mol. The minimum Gasteiger partial charge on any atom is -0.493 e. The molecule has 0 spiro atoms. The van der Waals surface area contributed by atoms with Gasteiger partial charge in [-0.2, -0.15) is 0 Å². The number of thioether (sulfide) groups is 1. The van der Waals surface area contributed by atoms with Crippen LogP contribution in [0.2, 0.25) is 0 Å². The second-order valence-electron chi connectivity index (χ2n) is 10.8. The summed E-state index contributed by atoms with van der Waals surface area (Å²) in [6, 6.07) is 15.8. The average Bonchev–Trinajstić information content (AvgIpc) is 3.32. The Balaban J connectivity index is 1.28. The van der Waals surface area contributed by atoms with Crippen molar-refractivity contribution < 1.29 is 18.7 Å². The fraction of sp³-hybridized carbons (Fsp3) is 0.273. The van der Waals surface area contributed by atoms with Gasteiger partial charge in [-0.1, -0.05) is 36.1 Å². The molecule has 0 radical (unpaired) electrons. The van der Waals surface area contributed by atoms with E-state index in [-0.39, 0.29) is 17.3 Å². The summed E-state index contributed by atoms with van der Waals surface area (Å²) in [4.78, 5) is 38.7. The van der Waals surface area contributed by atoms with Crippen LogP contribution in [0.4, 0.5) is 15.9 Å². The summed E-state index contributed by atoms with van der Waals surface area (Å²) in [5, 5.41) is 0. The SMILES string of the molecule is COc1ccc(CCN2C(=O)/C(=C\c3c(N4CCN(c5ccc(F)cc5)CC4)nc4ccc(C)cn4c3=O)SC2=S)cc1OC. The van der Waals surface area contributed by atoms with Gasteiger partial charge in [0.05, 0.1) is 24.7 Å². The molecule has 0 N–H and O–H groups in total. The second-order valence-corrected chi connectivity index (χ2v) is 12.5. The third kappa shape index (κ3) is 6.25. The molecule has 4 heterocycles. The fourth-order valence-electron chi connectivity index (χ4n) is 5.54. The summed E-state index contributed by atoms with van der Waals surface area (Å²) >= 11 is 6.80. The number of nitrogens with zero attached hydrogens (tertiary/aromatic N) is 5. The van der Waals surface area contributed by atoms with E-state index in [4.69, 9.17) is 26.7 Å². The van der Waals surface area contributed by atoms with E-state index in [1.54, 1.807) is 43.5 Å². The molecule has 45 heavy (non-hydrogen) atoms. The minimum absolute atomic E-state index is 0.244. The Morgan fingerprint density at radius 3 is 2.38 bits per heavy atom. The average molecular weight is 646 g/mol. The van der Waals surface area contributed by atoms with E-state index in [0.29, 0.717) is 76.9 Å². The molecule has 1 amide bonds. The van der Waals surface area contributed by atoms with Gasteiger partial charge in [0.2, 0.25) is 0 Å². The number of carbonyl (C=O) groups is 1. The summed E-state index contributed by atoms with van der Waals surface area (Å²) in [7, 11) is 3.17. The van der Waals surface area contributed by atoms with Crippen LogP contribution in [0.5, 0.6) is 11.5 Å². The van der Waals surface area contributed by atoms with Crippen LogP contribution in [0.15, 0.2) is 70.5 Å². The summed E-state index contributed by atoms with van der Waals surface area (Å²) in [6.07, 6.45) is 3.96. The second kappa shape index (κ2) is 12.9. The number of fused-ring (bicyclic) bond motifs is 1. The maximum Gasteiger partial charge on any atom is 0.267 e. The first-order chi connectivity index (χ1) is 21.7. The van der Waals surface area contributed by atoms with Crippen LogP contribution in [0.1, 0.15) is 16.7 Å². The maximum atomic E-state index is 14.0. The first-order valence-electron chi connectivity index (χ1n) is 14.5. The molecule has 4 aromatic rings. The fourth-order valence-corrected chi connectivity index (χ4v) is 6.83. The first kappa shape index (κ1) is 30.6. The number of carbonyl (C=O) groups excluding carboxylic acids is 1. The minimum atomic E-state index is -0.274. The zero-order chi connectivity index (χ0) is 31.7. The Morgan fingerprint density at radius 1 is 0.956 bits per heavy atom. The molecule has 2 fully saturated rings. The van der Waals surface area contributed by atoms with Gasteiger partial charge in [0, 0.05) is 44.6 Å². The van der Waals surface area contributed by atoms with Gasteiger partial charge in [-0.3, -0.25) is 18.9 Å². The van der Waals surface area contributed by atoms with Crippen LogP contribution < -0.4 is 24.8 Å². The van der Waals surface area contributed by atoms with Gasteiger partial charge in [0.25, 0.3) is 11.5 Å². The highest BCUT2D eigenvalue weighted by Gasteiger charge is 2.33. The van der Waals surface area contributed by atoms with Crippen LogP contribution in [-0.4, -0.2) is 71.5 Å². The first-order valence-corrected chi connectivity index (χ1v) is 15.7. The van der Waals surface area contributed by atoms with Crippen molar-refractivity contribution in [2.45, 2.75) is 13.3 Å². The zero-order valence-electron chi connectivity index (χ0n) is 25.2. The lowest BCUT2D eigenvalue weighted by atomic mass is 10.1.